The lowest BCUT2D eigenvalue weighted by Crippen LogP contribution is -2.22. The van der Waals surface area contributed by atoms with Gasteiger partial charge < -0.3 is 9.30 Å². The average molecular weight is 519 g/mol. The van der Waals surface area contributed by atoms with Crippen LogP contribution in [0.25, 0.3) is 11.3 Å². The van der Waals surface area contributed by atoms with Crippen LogP contribution in [-0.4, -0.2) is 38.5 Å². The first-order valence-corrected chi connectivity index (χ1v) is 11.0. The van der Waals surface area contributed by atoms with Gasteiger partial charge in [-0.25, -0.2) is 17.7 Å². The Morgan fingerprint density at radius 3 is 2.38 bits per heavy atom. The van der Waals surface area contributed by atoms with Gasteiger partial charge in [-0.15, -0.1) is 28.3 Å². The molecule has 0 spiro atoms. The number of hydrogen-bond donors (Lipinski definition) is 0. The van der Waals surface area contributed by atoms with Crippen LogP contribution < -0.4 is 9.54 Å². The molecule has 29 heavy (non-hydrogen) atoms. The Balaban J connectivity index is 0.00000300. The standard InChI is InChI=1S/C19H20ClN3O3S2.BrH/c1-22(2)28(24,25)17-10-13(9-14(20)11-17)18-12-27-19(23(18)3)21-15-5-7-16(26-4)8-6-15;/h5-12H,1-4H3;1H/b21-19+;. The third-order valence-electron chi connectivity index (χ3n) is 4.17. The fraction of sp³-hybridized carbons (Fsp3) is 0.211. The van der Waals surface area contributed by atoms with Crippen LogP contribution in [0.1, 0.15) is 0 Å². The SMILES string of the molecule is Br.COc1ccc(/N=c2/scc(-c3cc(Cl)cc(S(=O)(=O)N(C)C)c3)n2C)cc1. The Morgan fingerprint density at radius 2 is 1.79 bits per heavy atom. The highest BCUT2D eigenvalue weighted by Crippen LogP contribution is 2.28. The topological polar surface area (TPSA) is 63.9 Å². The van der Waals surface area contributed by atoms with Gasteiger partial charge in [-0.05, 0) is 42.5 Å². The Kier molecular flexibility index (Phi) is 7.69. The third kappa shape index (κ3) is 5.10. The molecule has 0 aliphatic rings. The monoisotopic (exact) mass is 517 g/mol. The summed E-state index contributed by atoms with van der Waals surface area (Å²) in [4.78, 5) is 5.58. The molecule has 6 nitrogen and oxygen atoms in total. The highest BCUT2D eigenvalue weighted by molar-refractivity contribution is 8.93. The summed E-state index contributed by atoms with van der Waals surface area (Å²) >= 11 is 7.67. The van der Waals surface area contributed by atoms with E-state index < -0.39 is 10.0 Å². The number of hydrogen-bond acceptors (Lipinski definition) is 5. The zero-order valence-electron chi connectivity index (χ0n) is 16.3. The Morgan fingerprint density at radius 1 is 1.14 bits per heavy atom. The molecule has 0 fully saturated rings. The van der Waals surface area contributed by atoms with Crippen molar-refractivity contribution in [1.29, 1.82) is 0 Å². The molecule has 0 aliphatic carbocycles. The lowest BCUT2D eigenvalue weighted by atomic mass is 10.2. The molecule has 0 radical (unpaired) electrons. The van der Waals surface area contributed by atoms with Gasteiger partial charge >= 0.3 is 0 Å². The number of aromatic nitrogens is 1. The minimum atomic E-state index is -3.58. The molecule has 1 aromatic heterocycles. The Bertz CT molecular complexity index is 1170. The van der Waals surface area contributed by atoms with Gasteiger partial charge in [-0.2, -0.15) is 0 Å². The fourth-order valence-corrected chi connectivity index (χ4v) is 4.77. The van der Waals surface area contributed by atoms with Crippen molar-refractivity contribution in [3.8, 4) is 17.0 Å². The van der Waals surface area contributed by atoms with Gasteiger partial charge in [0.2, 0.25) is 10.0 Å². The number of rotatable bonds is 5. The second kappa shape index (κ2) is 9.44. The van der Waals surface area contributed by atoms with Crippen molar-refractivity contribution < 1.29 is 13.2 Å². The maximum Gasteiger partial charge on any atom is 0.242 e. The molecule has 156 valence electrons. The highest BCUT2D eigenvalue weighted by Gasteiger charge is 2.19. The summed E-state index contributed by atoms with van der Waals surface area (Å²) in [5.41, 5.74) is 2.34. The Hall–Kier alpha value is -1.65. The summed E-state index contributed by atoms with van der Waals surface area (Å²) < 4.78 is 33.2. The first-order chi connectivity index (χ1) is 13.2. The van der Waals surface area contributed by atoms with Crippen LogP contribution in [0.5, 0.6) is 5.75 Å². The number of methoxy groups -OCH3 is 1. The lowest BCUT2D eigenvalue weighted by Gasteiger charge is -2.13. The van der Waals surface area contributed by atoms with Crippen molar-refractivity contribution >= 4 is 55.6 Å². The molecule has 0 amide bonds. The lowest BCUT2D eigenvalue weighted by molar-refractivity contribution is 0.415. The number of benzene rings is 2. The summed E-state index contributed by atoms with van der Waals surface area (Å²) in [6.45, 7) is 0. The van der Waals surface area contributed by atoms with Crippen LogP contribution in [0.3, 0.4) is 0 Å². The number of thiazole rings is 1. The van der Waals surface area contributed by atoms with Crippen LogP contribution in [-0.2, 0) is 17.1 Å². The molecular weight excluding hydrogens is 498 g/mol. The van der Waals surface area contributed by atoms with Crippen LogP contribution in [0.4, 0.5) is 5.69 Å². The zero-order chi connectivity index (χ0) is 20.5. The van der Waals surface area contributed by atoms with E-state index in [1.165, 1.54) is 35.8 Å². The number of nitrogens with zero attached hydrogens (tertiary/aromatic N) is 3. The fourth-order valence-electron chi connectivity index (χ4n) is 2.57. The number of sulfonamides is 1. The quantitative estimate of drug-likeness (QED) is 0.500. The van der Waals surface area contributed by atoms with E-state index in [9.17, 15) is 8.42 Å². The van der Waals surface area contributed by atoms with Gasteiger partial charge in [0.15, 0.2) is 4.80 Å². The number of ether oxygens (including phenoxy) is 1. The predicted octanol–water partition coefficient (Wildman–Crippen LogP) is 4.48. The zero-order valence-corrected chi connectivity index (χ0v) is 20.4. The van der Waals surface area contributed by atoms with Gasteiger partial charge in [-0.1, -0.05) is 11.6 Å². The van der Waals surface area contributed by atoms with E-state index in [0.717, 1.165) is 21.9 Å². The van der Waals surface area contributed by atoms with E-state index >= 15 is 0 Å². The predicted molar refractivity (Wildman–Crippen MR) is 123 cm³/mol. The molecule has 3 rings (SSSR count). The first kappa shape index (κ1) is 23.6. The summed E-state index contributed by atoms with van der Waals surface area (Å²) in [5, 5.41) is 2.29. The van der Waals surface area contributed by atoms with E-state index in [1.54, 1.807) is 19.2 Å². The van der Waals surface area contributed by atoms with E-state index in [1.807, 2.05) is 41.3 Å². The van der Waals surface area contributed by atoms with Crippen molar-refractivity contribution in [1.82, 2.24) is 8.87 Å². The summed E-state index contributed by atoms with van der Waals surface area (Å²) in [6.07, 6.45) is 0. The van der Waals surface area contributed by atoms with Crippen molar-refractivity contribution in [2.45, 2.75) is 4.90 Å². The molecule has 0 saturated heterocycles. The van der Waals surface area contributed by atoms with E-state index in [2.05, 4.69) is 4.99 Å². The summed E-state index contributed by atoms with van der Waals surface area (Å²) in [7, 11) is 2.90. The average Bonchev–Trinajstić information content (AvgIpc) is 3.02. The molecule has 0 saturated carbocycles. The molecule has 3 aromatic rings. The molecule has 0 N–H and O–H groups in total. The minimum absolute atomic E-state index is 0. The van der Waals surface area contributed by atoms with Gasteiger partial charge in [-0.3, -0.25) is 0 Å². The van der Waals surface area contributed by atoms with Crippen molar-refractivity contribution in [3.05, 3.63) is 57.7 Å². The van der Waals surface area contributed by atoms with Crippen LogP contribution >= 0.6 is 39.9 Å². The molecule has 0 unspecified atom stereocenters. The first-order valence-electron chi connectivity index (χ1n) is 8.29. The molecule has 0 bridgehead atoms. The second-order valence-electron chi connectivity index (χ2n) is 6.24. The largest absolute Gasteiger partial charge is 0.497 e. The van der Waals surface area contributed by atoms with E-state index in [-0.39, 0.29) is 21.9 Å². The van der Waals surface area contributed by atoms with Gasteiger partial charge in [0.05, 0.1) is 23.4 Å². The van der Waals surface area contributed by atoms with Gasteiger partial charge in [0.1, 0.15) is 5.75 Å². The summed E-state index contributed by atoms with van der Waals surface area (Å²) in [6, 6.07) is 12.3. The van der Waals surface area contributed by atoms with E-state index in [0.29, 0.717) is 10.6 Å². The summed E-state index contributed by atoms with van der Waals surface area (Å²) in [5.74, 6) is 0.767. The van der Waals surface area contributed by atoms with E-state index in [4.69, 9.17) is 16.3 Å². The van der Waals surface area contributed by atoms with Crippen LogP contribution in [0, 0.1) is 0 Å². The third-order valence-corrected chi connectivity index (χ3v) is 7.10. The van der Waals surface area contributed by atoms with Crippen molar-refractivity contribution in [3.63, 3.8) is 0 Å². The van der Waals surface area contributed by atoms with Gasteiger partial charge in [0.25, 0.3) is 0 Å². The maximum absolute atomic E-state index is 12.5. The molecule has 0 atom stereocenters. The van der Waals surface area contributed by atoms with Crippen molar-refractivity contribution in [2.24, 2.45) is 12.0 Å². The molecule has 10 heteroatoms. The smallest absolute Gasteiger partial charge is 0.242 e. The molecular formula is C19H21BrClN3O3S2. The maximum atomic E-state index is 12.5. The normalized spacial score (nSPS) is 12.1. The molecule has 1 heterocycles. The second-order valence-corrected chi connectivity index (χ2v) is 9.66. The Labute approximate surface area is 189 Å². The highest BCUT2D eigenvalue weighted by atomic mass is 79.9. The van der Waals surface area contributed by atoms with Crippen molar-refractivity contribution in [2.75, 3.05) is 21.2 Å². The van der Waals surface area contributed by atoms with Crippen LogP contribution in [0.15, 0.2) is 57.7 Å². The van der Waals surface area contributed by atoms with Crippen LogP contribution in [0.2, 0.25) is 5.02 Å². The molecule has 2 aromatic carbocycles. The minimum Gasteiger partial charge on any atom is -0.497 e. The molecule has 0 aliphatic heterocycles. The number of halogens is 2. The van der Waals surface area contributed by atoms with Gasteiger partial charge in [0, 0.05) is 37.1 Å².